The summed E-state index contributed by atoms with van der Waals surface area (Å²) in [5, 5.41) is 0.218. The predicted octanol–water partition coefficient (Wildman–Crippen LogP) is 1.68. The molecule has 0 atom stereocenters. The Morgan fingerprint density at radius 3 is 2.76 bits per heavy atom. The van der Waals surface area contributed by atoms with Gasteiger partial charge < -0.3 is 10.5 Å². The van der Waals surface area contributed by atoms with Crippen molar-refractivity contribution in [3.05, 3.63) is 28.8 Å². The maximum atomic E-state index is 12.1. The molecular formula is C13H17ClN2O3S2. The topological polar surface area (TPSA) is 81.4 Å². The van der Waals surface area contributed by atoms with Gasteiger partial charge in [-0.1, -0.05) is 23.8 Å². The molecule has 0 radical (unpaired) electrons. The Bertz CT molecular complexity index is 630. The number of ether oxygens (including phenoxy) is 1. The van der Waals surface area contributed by atoms with E-state index in [1.54, 1.807) is 0 Å². The van der Waals surface area contributed by atoms with Gasteiger partial charge in [0.15, 0.2) is 0 Å². The number of sulfonamides is 1. The van der Waals surface area contributed by atoms with Crippen molar-refractivity contribution in [2.24, 2.45) is 11.7 Å². The summed E-state index contributed by atoms with van der Waals surface area (Å²) in [5.74, 6) is 0.660. The zero-order chi connectivity index (χ0) is 15.5. The first-order valence-electron chi connectivity index (χ1n) is 6.57. The zero-order valence-corrected chi connectivity index (χ0v) is 13.7. The zero-order valence-electron chi connectivity index (χ0n) is 11.3. The van der Waals surface area contributed by atoms with Crippen molar-refractivity contribution in [3.8, 4) is 0 Å². The lowest BCUT2D eigenvalue weighted by atomic mass is 10.2. The summed E-state index contributed by atoms with van der Waals surface area (Å²) in [6.45, 7) is 1.29. The van der Waals surface area contributed by atoms with E-state index in [4.69, 9.17) is 34.3 Å². The fourth-order valence-corrected chi connectivity index (χ4v) is 3.35. The van der Waals surface area contributed by atoms with Gasteiger partial charge in [-0.05, 0) is 37.0 Å². The standard InChI is InChI=1S/C13H17ClN2O3S2/c14-12-7-10(3-4-11(12)13(15)20)21(17,18)16-5-6-19-8-9-1-2-9/h3-4,7,9,16H,1-2,5-6,8H2,(H2,15,20). The van der Waals surface area contributed by atoms with E-state index in [1.165, 1.54) is 31.0 Å². The number of halogens is 1. The number of hydrogen-bond donors (Lipinski definition) is 2. The normalized spacial score (nSPS) is 15.1. The van der Waals surface area contributed by atoms with Crippen LogP contribution in [-0.2, 0) is 14.8 Å². The molecule has 1 aromatic carbocycles. The van der Waals surface area contributed by atoms with Crippen LogP contribution in [0.1, 0.15) is 18.4 Å². The molecule has 0 bridgehead atoms. The van der Waals surface area contributed by atoms with Gasteiger partial charge in [0.25, 0.3) is 0 Å². The van der Waals surface area contributed by atoms with E-state index in [-0.39, 0.29) is 21.5 Å². The molecule has 1 aliphatic rings. The Morgan fingerprint density at radius 1 is 1.48 bits per heavy atom. The van der Waals surface area contributed by atoms with Crippen LogP contribution < -0.4 is 10.5 Å². The average Bonchev–Trinajstić information content (AvgIpc) is 3.21. The molecule has 1 aromatic rings. The third kappa shape index (κ3) is 4.89. The number of rotatable bonds is 8. The average molecular weight is 349 g/mol. The lowest BCUT2D eigenvalue weighted by Crippen LogP contribution is -2.27. The van der Waals surface area contributed by atoms with Crippen LogP contribution in [0.2, 0.25) is 5.02 Å². The SMILES string of the molecule is NC(=S)c1ccc(S(=O)(=O)NCCOCC2CC2)cc1Cl. The molecule has 0 amide bonds. The molecule has 2 rings (SSSR count). The highest BCUT2D eigenvalue weighted by molar-refractivity contribution is 7.89. The van der Waals surface area contributed by atoms with Crippen molar-refractivity contribution in [2.75, 3.05) is 19.8 Å². The van der Waals surface area contributed by atoms with Gasteiger partial charge in [0.1, 0.15) is 4.99 Å². The fourth-order valence-electron chi connectivity index (χ4n) is 1.73. The van der Waals surface area contributed by atoms with Gasteiger partial charge in [-0.25, -0.2) is 13.1 Å². The minimum Gasteiger partial charge on any atom is -0.389 e. The highest BCUT2D eigenvalue weighted by Gasteiger charge is 2.21. The smallest absolute Gasteiger partial charge is 0.240 e. The predicted molar refractivity (Wildman–Crippen MR) is 86.1 cm³/mol. The highest BCUT2D eigenvalue weighted by Crippen LogP contribution is 2.28. The van der Waals surface area contributed by atoms with Gasteiger partial charge >= 0.3 is 0 Å². The third-order valence-corrected chi connectivity index (χ3v) is 5.10. The van der Waals surface area contributed by atoms with E-state index < -0.39 is 10.0 Å². The first kappa shape index (κ1) is 16.6. The van der Waals surface area contributed by atoms with Crippen molar-refractivity contribution in [1.82, 2.24) is 4.72 Å². The van der Waals surface area contributed by atoms with Crippen molar-refractivity contribution in [3.63, 3.8) is 0 Å². The first-order valence-corrected chi connectivity index (χ1v) is 8.84. The van der Waals surface area contributed by atoms with Gasteiger partial charge in [-0.3, -0.25) is 0 Å². The second kappa shape index (κ2) is 7.02. The van der Waals surface area contributed by atoms with Crippen LogP contribution in [-0.4, -0.2) is 33.2 Å². The molecule has 3 N–H and O–H groups in total. The van der Waals surface area contributed by atoms with E-state index in [9.17, 15) is 8.42 Å². The summed E-state index contributed by atoms with van der Waals surface area (Å²) >= 11 is 10.8. The minimum absolute atomic E-state index is 0.0784. The highest BCUT2D eigenvalue weighted by atomic mass is 35.5. The van der Waals surface area contributed by atoms with Crippen LogP contribution in [0, 0.1) is 5.92 Å². The largest absolute Gasteiger partial charge is 0.389 e. The molecule has 0 aromatic heterocycles. The molecule has 0 saturated heterocycles. The number of nitrogens with one attached hydrogen (secondary N) is 1. The lowest BCUT2D eigenvalue weighted by Gasteiger charge is -2.09. The van der Waals surface area contributed by atoms with Gasteiger partial charge in [0, 0.05) is 18.7 Å². The minimum atomic E-state index is -3.61. The molecule has 0 heterocycles. The molecule has 1 saturated carbocycles. The van der Waals surface area contributed by atoms with Crippen molar-refractivity contribution in [1.29, 1.82) is 0 Å². The van der Waals surface area contributed by atoms with E-state index in [0.717, 1.165) is 0 Å². The molecule has 116 valence electrons. The van der Waals surface area contributed by atoms with Gasteiger partial charge in [0.2, 0.25) is 10.0 Å². The van der Waals surface area contributed by atoms with Crippen LogP contribution in [0.4, 0.5) is 0 Å². The van der Waals surface area contributed by atoms with Gasteiger partial charge in [-0.2, -0.15) is 0 Å². The molecule has 0 aliphatic heterocycles. The summed E-state index contributed by atoms with van der Waals surface area (Å²) in [6, 6.07) is 4.26. The Kier molecular flexibility index (Phi) is 5.56. The van der Waals surface area contributed by atoms with Crippen molar-refractivity contribution >= 4 is 38.8 Å². The molecule has 0 unspecified atom stereocenters. The Hall–Kier alpha value is -0.730. The van der Waals surface area contributed by atoms with Crippen molar-refractivity contribution < 1.29 is 13.2 Å². The summed E-state index contributed by atoms with van der Waals surface area (Å²) < 4.78 is 32.0. The first-order chi connectivity index (χ1) is 9.90. The molecule has 21 heavy (non-hydrogen) atoms. The monoisotopic (exact) mass is 348 g/mol. The van der Waals surface area contributed by atoms with Crippen molar-refractivity contribution in [2.45, 2.75) is 17.7 Å². The van der Waals surface area contributed by atoms with E-state index in [2.05, 4.69) is 4.72 Å². The number of hydrogen-bond acceptors (Lipinski definition) is 4. The maximum Gasteiger partial charge on any atom is 0.240 e. The van der Waals surface area contributed by atoms with Gasteiger partial charge in [-0.15, -0.1) is 0 Å². The van der Waals surface area contributed by atoms with Crippen LogP contribution in [0.25, 0.3) is 0 Å². The Morgan fingerprint density at radius 2 is 2.19 bits per heavy atom. The molecule has 8 heteroatoms. The van der Waals surface area contributed by atoms with E-state index in [0.29, 0.717) is 24.7 Å². The number of thiocarbonyl (C=S) groups is 1. The fraction of sp³-hybridized carbons (Fsp3) is 0.462. The van der Waals surface area contributed by atoms with Crippen LogP contribution in [0.5, 0.6) is 0 Å². The van der Waals surface area contributed by atoms with Crippen LogP contribution in [0.3, 0.4) is 0 Å². The second-order valence-electron chi connectivity index (χ2n) is 4.92. The summed E-state index contributed by atoms with van der Waals surface area (Å²) in [4.78, 5) is 0.208. The van der Waals surface area contributed by atoms with E-state index in [1.807, 2.05) is 0 Å². The molecule has 0 spiro atoms. The van der Waals surface area contributed by atoms with Crippen LogP contribution >= 0.6 is 23.8 Å². The molecule has 1 fully saturated rings. The lowest BCUT2D eigenvalue weighted by molar-refractivity contribution is 0.129. The number of nitrogens with two attached hydrogens (primary N) is 1. The van der Waals surface area contributed by atoms with Crippen LogP contribution in [0.15, 0.2) is 23.1 Å². The number of benzene rings is 1. The summed E-state index contributed by atoms with van der Waals surface area (Å²) in [7, 11) is -3.61. The summed E-state index contributed by atoms with van der Waals surface area (Å²) in [5.41, 5.74) is 5.94. The Labute approximate surface area is 134 Å². The van der Waals surface area contributed by atoms with E-state index >= 15 is 0 Å². The Balaban J connectivity index is 1.91. The second-order valence-corrected chi connectivity index (χ2v) is 7.54. The summed E-state index contributed by atoms with van der Waals surface area (Å²) in [6.07, 6.45) is 2.42. The quantitative estimate of drug-likeness (QED) is 0.552. The molecule has 5 nitrogen and oxygen atoms in total. The molecular weight excluding hydrogens is 332 g/mol. The van der Waals surface area contributed by atoms with Gasteiger partial charge in [0.05, 0.1) is 16.5 Å². The maximum absolute atomic E-state index is 12.1. The molecule has 1 aliphatic carbocycles. The third-order valence-electron chi connectivity index (χ3n) is 3.11.